The van der Waals surface area contributed by atoms with Gasteiger partial charge in [-0.1, -0.05) is 188 Å². The van der Waals surface area contributed by atoms with Crippen LogP contribution < -0.4 is 4.90 Å². The topological polar surface area (TPSA) is 29.5 Å². The van der Waals surface area contributed by atoms with E-state index in [2.05, 4.69) is 217 Å². The van der Waals surface area contributed by atoms with Gasteiger partial charge < -0.3 is 13.7 Å². The van der Waals surface area contributed by atoms with Crippen LogP contribution in [0.15, 0.2) is 245 Å². The number of benzene rings is 10. The van der Waals surface area contributed by atoms with Gasteiger partial charge in [0.15, 0.2) is 0 Å². The summed E-state index contributed by atoms with van der Waals surface area (Å²) in [5, 5.41) is 4.51. The molecule has 0 spiro atoms. The minimum atomic E-state index is 0.899. The monoisotopic (exact) mass is 805 g/mol. The highest BCUT2D eigenvalue weighted by atomic mass is 16.3. The maximum atomic E-state index is 6.42. The lowest BCUT2D eigenvalue weighted by molar-refractivity contribution is 0.669. The largest absolute Gasteiger partial charge is 0.455 e. The molecule has 0 N–H and O–H groups in total. The Bertz CT molecular complexity index is 3410. The first-order chi connectivity index (χ1) is 31.2. The Labute approximate surface area is 365 Å². The van der Waals surface area contributed by atoms with Gasteiger partial charge in [-0.2, -0.15) is 0 Å². The molecule has 0 saturated heterocycles. The fraction of sp³-hybridized carbons (Fsp3) is 0. The van der Waals surface area contributed by atoms with E-state index in [1.54, 1.807) is 0 Å². The molecule has 0 aliphatic heterocycles. The highest BCUT2D eigenvalue weighted by Crippen LogP contribution is 2.42. The molecule has 0 radical (unpaired) electrons. The van der Waals surface area contributed by atoms with E-state index in [9.17, 15) is 0 Å². The SMILES string of the molecule is c1ccc(-c2ccc(-c3ccc(-c4ccc(N(c5ccc(-c6cccc7c6oc6ccccc67)cc5)c5ccc(-c6cccc7c6oc6ccccc67)cc5)cc4)cc3)cc2)cc1. The summed E-state index contributed by atoms with van der Waals surface area (Å²) in [6.45, 7) is 0. The molecule has 296 valence electrons. The van der Waals surface area contributed by atoms with Crippen molar-refractivity contribution in [1.82, 2.24) is 0 Å². The fourth-order valence-corrected chi connectivity index (χ4v) is 9.12. The number of para-hydroxylation sites is 4. The summed E-state index contributed by atoms with van der Waals surface area (Å²) in [5.41, 5.74) is 18.3. The second kappa shape index (κ2) is 15.3. The summed E-state index contributed by atoms with van der Waals surface area (Å²) < 4.78 is 12.8. The van der Waals surface area contributed by atoms with Gasteiger partial charge in [0.1, 0.15) is 22.3 Å². The Morgan fingerprint density at radius 3 is 0.921 bits per heavy atom. The maximum Gasteiger partial charge on any atom is 0.143 e. The van der Waals surface area contributed by atoms with Crippen molar-refractivity contribution >= 4 is 60.9 Å². The first kappa shape index (κ1) is 36.5. The minimum absolute atomic E-state index is 0.899. The van der Waals surface area contributed by atoms with Crippen molar-refractivity contribution in [2.24, 2.45) is 0 Å². The molecule has 63 heavy (non-hydrogen) atoms. The predicted molar refractivity (Wildman–Crippen MR) is 263 cm³/mol. The zero-order valence-corrected chi connectivity index (χ0v) is 34.3. The van der Waals surface area contributed by atoms with Gasteiger partial charge in [0.2, 0.25) is 0 Å². The zero-order chi connectivity index (χ0) is 41.7. The van der Waals surface area contributed by atoms with E-state index in [1.165, 1.54) is 27.8 Å². The quantitative estimate of drug-likeness (QED) is 0.153. The van der Waals surface area contributed by atoms with E-state index < -0.39 is 0 Å². The van der Waals surface area contributed by atoms with Gasteiger partial charge >= 0.3 is 0 Å². The number of hydrogen-bond acceptors (Lipinski definition) is 3. The number of hydrogen-bond donors (Lipinski definition) is 0. The molecule has 0 atom stereocenters. The van der Waals surface area contributed by atoms with Crippen molar-refractivity contribution in [3.8, 4) is 55.6 Å². The molecule has 10 aromatic carbocycles. The normalized spacial score (nSPS) is 11.5. The molecule has 2 aromatic heterocycles. The smallest absolute Gasteiger partial charge is 0.143 e. The molecule has 0 fully saturated rings. The molecule has 0 unspecified atom stereocenters. The first-order valence-electron chi connectivity index (χ1n) is 21.4. The van der Waals surface area contributed by atoms with Crippen LogP contribution in [0.2, 0.25) is 0 Å². The number of fused-ring (bicyclic) bond motifs is 6. The van der Waals surface area contributed by atoms with Gasteiger partial charge in [0.25, 0.3) is 0 Å². The molecular weight excluding hydrogens is 767 g/mol. The highest BCUT2D eigenvalue weighted by Gasteiger charge is 2.17. The van der Waals surface area contributed by atoms with Crippen molar-refractivity contribution in [2.45, 2.75) is 0 Å². The Morgan fingerprint density at radius 1 is 0.222 bits per heavy atom. The van der Waals surface area contributed by atoms with Gasteiger partial charge in [-0.05, 0) is 93.0 Å². The third-order valence-corrected chi connectivity index (χ3v) is 12.4. The van der Waals surface area contributed by atoms with E-state index in [1.807, 2.05) is 24.3 Å². The Hall–Kier alpha value is -8.40. The van der Waals surface area contributed by atoms with Crippen molar-refractivity contribution in [2.75, 3.05) is 4.90 Å². The van der Waals surface area contributed by atoms with E-state index >= 15 is 0 Å². The van der Waals surface area contributed by atoms with Crippen LogP contribution in [0.3, 0.4) is 0 Å². The third-order valence-electron chi connectivity index (χ3n) is 12.4. The molecule has 0 bridgehead atoms. The molecule has 2 heterocycles. The minimum Gasteiger partial charge on any atom is -0.455 e. The second-order valence-corrected chi connectivity index (χ2v) is 16.1. The van der Waals surface area contributed by atoms with Crippen LogP contribution in [-0.2, 0) is 0 Å². The van der Waals surface area contributed by atoms with Gasteiger partial charge in [-0.25, -0.2) is 0 Å². The van der Waals surface area contributed by atoms with Crippen molar-refractivity contribution in [1.29, 1.82) is 0 Å². The van der Waals surface area contributed by atoms with E-state index in [-0.39, 0.29) is 0 Å². The molecule has 0 saturated carbocycles. The lowest BCUT2D eigenvalue weighted by atomic mass is 9.98. The highest BCUT2D eigenvalue weighted by molar-refractivity contribution is 6.10. The standard InChI is InChI=1S/C60H39NO2/c1-2-10-40(11-3-1)41-20-22-42(23-21-41)43-24-26-44(27-25-43)45-28-34-48(35-29-45)61(49-36-30-46(31-37-49)51-14-8-16-55-53-12-4-6-18-57(53)62-59(51)55)50-38-32-47(33-39-50)52-15-9-17-56-54-13-5-7-19-58(54)63-60(52)56/h1-39H. The molecule has 3 heteroatoms. The Morgan fingerprint density at radius 2 is 0.524 bits per heavy atom. The Kier molecular flexibility index (Phi) is 8.83. The summed E-state index contributed by atoms with van der Waals surface area (Å²) >= 11 is 0. The summed E-state index contributed by atoms with van der Waals surface area (Å²) in [6.07, 6.45) is 0. The van der Waals surface area contributed by atoms with E-state index in [4.69, 9.17) is 8.83 Å². The molecule has 12 aromatic rings. The fourth-order valence-electron chi connectivity index (χ4n) is 9.12. The molecule has 0 amide bonds. The van der Waals surface area contributed by atoms with Crippen LogP contribution in [0.5, 0.6) is 0 Å². The second-order valence-electron chi connectivity index (χ2n) is 16.1. The van der Waals surface area contributed by atoms with Crippen LogP contribution in [0, 0.1) is 0 Å². The van der Waals surface area contributed by atoms with Crippen LogP contribution in [-0.4, -0.2) is 0 Å². The average molecular weight is 806 g/mol. The van der Waals surface area contributed by atoms with Crippen molar-refractivity contribution in [3.05, 3.63) is 237 Å². The summed E-state index contributed by atoms with van der Waals surface area (Å²) in [7, 11) is 0. The number of rotatable bonds is 8. The Balaban J connectivity index is 0.884. The molecule has 0 aliphatic rings. The number of anilines is 3. The van der Waals surface area contributed by atoms with Crippen LogP contribution >= 0.6 is 0 Å². The first-order valence-corrected chi connectivity index (χ1v) is 21.4. The number of nitrogens with zero attached hydrogens (tertiary/aromatic N) is 1. The molecule has 3 nitrogen and oxygen atoms in total. The lowest BCUT2D eigenvalue weighted by Crippen LogP contribution is -2.09. The number of furan rings is 2. The molecule has 12 rings (SSSR count). The summed E-state index contributed by atoms with van der Waals surface area (Å²) in [5.74, 6) is 0. The summed E-state index contributed by atoms with van der Waals surface area (Å²) in [6, 6.07) is 84.0. The molecular formula is C60H39NO2. The van der Waals surface area contributed by atoms with Crippen molar-refractivity contribution < 1.29 is 8.83 Å². The maximum absolute atomic E-state index is 6.42. The van der Waals surface area contributed by atoms with E-state index in [0.717, 1.165) is 88.8 Å². The van der Waals surface area contributed by atoms with Crippen LogP contribution in [0.4, 0.5) is 17.1 Å². The summed E-state index contributed by atoms with van der Waals surface area (Å²) in [4.78, 5) is 2.32. The molecule has 0 aliphatic carbocycles. The van der Waals surface area contributed by atoms with Gasteiger partial charge in [-0.3, -0.25) is 0 Å². The average Bonchev–Trinajstić information content (AvgIpc) is 3.94. The van der Waals surface area contributed by atoms with E-state index in [0.29, 0.717) is 0 Å². The lowest BCUT2D eigenvalue weighted by Gasteiger charge is -2.26. The van der Waals surface area contributed by atoms with Crippen LogP contribution in [0.1, 0.15) is 0 Å². The van der Waals surface area contributed by atoms with Gasteiger partial charge in [0, 0.05) is 49.7 Å². The third kappa shape index (κ3) is 6.55. The zero-order valence-electron chi connectivity index (χ0n) is 34.3. The van der Waals surface area contributed by atoms with Gasteiger partial charge in [0.05, 0.1) is 0 Å². The van der Waals surface area contributed by atoms with Crippen LogP contribution in [0.25, 0.3) is 99.5 Å². The van der Waals surface area contributed by atoms with Gasteiger partial charge in [-0.15, -0.1) is 0 Å². The van der Waals surface area contributed by atoms with Crippen molar-refractivity contribution in [3.63, 3.8) is 0 Å². The predicted octanol–water partition coefficient (Wildman–Crippen LogP) is 17.3.